The average Bonchev–Trinajstić information content (AvgIpc) is 3.11. The lowest BCUT2D eigenvalue weighted by Gasteiger charge is -2.33. The molecule has 0 aliphatic carbocycles. The van der Waals surface area contributed by atoms with Crippen LogP contribution in [0.25, 0.3) is 0 Å². The first-order chi connectivity index (χ1) is 16.2. The lowest BCUT2D eigenvalue weighted by molar-refractivity contribution is -0.122. The Kier molecular flexibility index (Phi) is 6.63. The molecule has 1 N–H and O–H groups in total. The average molecular weight is 443 g/mol. The number of benzene rings is 2. The standard InChI is InChI=1S/C27H30N4O2/c32-26-13-5-4-12-25-24(30-26)18-22(16-20-8-2-1-3-9-20)31(25)19-21-10-6-11-23(17-21)33-27-28-14-7-15-29-27/h1-3,6-11,14-15,17,22,24-25H,4-5,12-13,16,18-19H2,(H,30,32)/t22-,24+,25-/m1/s1. The monoisotopic (exact) mass is 442 g/mol. The highest BCUT2D eigenvalue weighted by atomic mass is 16.5. The third-order valence-corrected chi connectivity index (χ3v) is 6.71. The number of carbonyl (C=O) groups excluding carboxylic acids is 1. The minimum Gasteiger partial charge on any atom is -0.424 e. The molecule has 3 aromatic rings. The van der Waals surface area contributed by atoms with E-state index in [9.17, 15) is 4.79 Å². The molecule has 3 atom stereocenters. The molecule has 1 aromatic heterocycles. The van der Waals surface area contributed by atoms with Gasteiger partial charge in [0, 0.05) is 43.5 Å². The van der Waals surface area contributed by atoms with Gasteiger partial charge in [-0.05, 0) is 55.0 Å². The molecule has 0 bridgehead atoms. The lowest BCUT2D eigenvalue weighted by Crippen LogP contribution is -2.46. The summed E-state index contributed by atoms with van der Waals surface area (Å²) >= 11 is 0. The summed E-state index contributed by atoms with van der Waals surface area (Å²) in [7, 11) is 0. The van der Waals surface area contributed by atoms with E-state index >= 15 is 0 Å². The van der Waals surface area contributed by atoms with Gasteiger partial charge in [0.05, 0.1) is 0 Å². The molecule has 3 heterocycles. The van der Waals surface area contributed by atoms with Crippen LogP contribution in [0.4, 0.5) is 0 Å². The molecule has 2 aliphatic rings. The summed E-state index contributed by atoms with van der Waals surface area (Å²) in [5, 5.41) is 3.33. The summed E-state index contributed by atoms with van der Waals surface area (Å²) < 4.78 is 5.87. The quantitative estimate of drug-likeness (QED) is 0.608. The topological polar surface area (TPSA) is 67.4 Å². The number of hydrogen-bond acceptors (Lipinski definition) is 5. The van der Waals surface area contributed by atoms with Crippen LogP contribution in [0, 0.1) is 0 Å². The van der Waals surface area contributed by atoms with Gasteiger partial charge in [-0.25, -0.2) is 9.97 Å². The summed E-state index contributed by atoms with van der Waals surface area (Å²) in [6.07, 6.45) is 9.14. The molecular formula is C27H30N4O2. The largest absolute Gasteiger partial charge is 0.424 e. The first kappa shape index (κ1) is 21.6. The van der Waals surface area contributed by atoms with Gasteiger partial charge in [-0.2, -0.15) is 0 Å². The van der Waals surface area contributed by atoms with Gasteiger partial charge >= 0.3 is 6.01 Å². The molecule has 0 radical (unpaired) electrons. The number of nitrogens with one attached hydrogen (secondary N) is 1. The molecule has 2 aromatic carbocycles. The molecule has 0 unspecified atom stereocenters. The first-order valence-electron chi connectivity index (χ1n) is 11.9. The van der Waals surface area contributed by atoms with Gasteiger partial charge in [0.1, 0.15) is 5.75 Å². The van der Waals surface area contributed by atoms with Gasteiger partial charge in [-0.1, -0.05) is 48.9 Å². The zero-order valence-electron chi connectivity index (χ0n) is 18.8. The highest BCUT2D eigenvalue weighted by molar-refractivity contribution is 5.76. The van der Waals surface area contributed by atoms with E-state index in [1.54, 1.807) is 18.5 Å². The van der Waals surface area contributed by atoms with E-state index in [0.717, 1.165) is 44.4 Å². The molecule has 0 spiro atoms. The number of nitrogens with zero attached hydrogens (tertiary/aromatic N) is 3. The van der Waals surface area contributed by atoms with Crippen molar-refractivity contribution in [2.45, 2.75) is 63.2 Å². The van der Waals surface area contributed by atoms with Crippen LogP contribution in [0.1, 0.15) is 43.2 Å². The predicted molar refractivity (Wildman–Crippen MR) is 127 cm³/mol. The van der Waals surface area contributed by atoms with E-state index in [-0.39, 0.29) is 11.9 Å². The van der Waals surface area contributed by atoms with Gasteiger partial charge in [0.25, 0.3) is 0 Å². The number of likely N-dealkylation sites (tertiary alicyclic amines) is 1. The van der Waals surface area contributed by atoms with Gasteiger partial charge in [0.15, 0.2) is 0 Å². The highest BCUT2D eigenvalue weighted by Gasteiger charge is 2.41. The summed E-state index contributed by atoms with van der Waals surface area (Å²) in [5.41, 5.74) is 2.53. The number of hydrogen-bond donors (Lipinski definition) is 1. The summed E-state index contributed by atoms with van der Waals surface area (Å²) in [6, 6.07) is 21.9. The Morgan fingerprint density at radius 1 is 0.970 bits per heavy atom. The maximum atomic E-state index is 12.4. The van der Waals surface area contributed by atoms with E-state index in [4.69, 9.17) is 4.74 Å². The fraction of sp³-hybridized carbons (Fsp3) is 0.370. The van der Waals surface area contributed by atoms with E-state index < -0.39 is 0 Å². The normalized spacial score (nSPS) is 23.3. The van der Waals surface area contributed by atoms with Crippen LogP contribution in [0.5, 0.6) is 11.8 Å². The van der Waals surface area contributed by atoms with Gasteiger partial charge < -0.3 is 10.1 Å². The van der Waals surface area contributed by atoms with Gasteiger partial charge in [-0.15, -0.1) is 0 Å². The molecule has 6 nitrogen and oxygen atoms in total. The smallest absolute Gasteiger partial charge is 0.321 e. The minimum atomic E-state index is 0.197. The molecule has 2 aliphatic heterocycles. The minimum absolute atomic E-state index is 0.197. The first-order valence-corrected chi connectivity index (χ1v) is 11.9. The third-order valence-electron chi connectivity index (χ3n) is 6.71. The molecule has 2 fully saturated rings. The summed E-state index contributed by atoms with van der Waals surface area (Å²) in [5.74, 6) is 0.934. The van der Waals surface area contributed by atoms with Gasteiger partial charge in [0.2, 0.25) is 5.91 Å². The second-order valence-corrected chi connectivity index (χ2v) is 9.02. The van der Waals surface area contributed by atoms with Crippen LogP contribution >= 0.6 is 0 Å². The van der Waals surface area contributed by atoms with Crippen molar-refractivity contribution < 1.29 is 9.53 Å². The molecule has 2 saturated heterocycles. The molecule has 0 saturated carbocycles. The number of fused-ring (bicyclic) bond motifs is 1. The Balaban J connectivity index is 1.38. The molecular weight excluding hydrogens is 412 g/mol. The van der Waals surface area contributed by atoms with E-state index in [0.29, 0.717) is 24.5 Å². The Morgan fingerprint density at radius 3 is 2.64 bits per heavy atom. The van der Waals surface area contributed by atoms with Crippen LogP contribution in [-0.4, -0.2) is 38.9 Å². The molecule has 5 rings (SSSR count). The Hall–Kier alpha value is -3.25. The number of carbonyl (C=O) groups is 1. The van der Waals surface area contributed by atoms with Crippen LogP contribution in [-0.2, 0) is 17.8 Å². The summed E-state index contributed by atoms with van der Waals surface area (Å²) in [4.78, 5) is 23.3. The highest BCUT2D eigenvalue weighted by Crippen LogP contribution is 2.34. The van der Waals surface area contributed by atoms with Crippen LogP contribution in [0.3, 0.4) is 0 Å². The van der Waals surface area contributed by atoms with E-state index in [2.05, 4.69) is 62.6 Å². The fourth-order valence-electron chi connectivity index (χ4n) is 5.22. The number of ether oxygens (including phenoxy) is 1. The molecule has 6 heteroatoms. The molecule has 1 amide bonds. The van der Waals surface area contributed by atoms with Crippen LogP contribution in [0.15, 0.2) is 73.1 Å². The maximum absolute atomic E-state index is 12.4. The van der Waals surface area contributed by atoms with Crippen molar-refractivity contribution in [3.63, 3.8) is 0 Å². The van der Waals surface area contributed by atoms with E-state index in [1.807, 2.05) is 12.1 Å². The van der Waals surface area contributed by atoms with Gasteiger partial charge in [-0.3, -0.25) is 9.69 Å². The van der Waals surface area contributed by atoms with Crippen molar-refractivity contribution in [2.75, 3.05) is 0 Å². The zero-order valence-corrected chi connectivity index (χ0v) is 18.8. The lowest BCUT2D eigenvalue weighted by atomic mass is 9.97. The predicted octanol–water partition coefficient (Wildman–Crippen LogP) is 4.51. The van der Waals surface area contributed by atoms with E-state index in [1.165, 1.54) is 11.1 Å². The SMILES string of the molecule is O=C1CCCC[C@@H]2[C@H](C[C@@H](Cc3ccccc3)N2Cc2cccc(Oc3ncccn3)c2)N1. The van der Waals surface area contributed by atoms with Crippen LogP contribution < -0.4 is 10.1 Å². The second kappa shape index (κ2) is 10.1. The van der Waals surface area contributed by atoms with Crippen molar-refractivity contribution in [3.8, 4) is 11.8 Å². The number of aromatic nitrogens is 2. The maximum Gasteiger partial charge on any atom is 0.321 e. The van der Waals surface area contributed by atoms with Crippen molar-refractivity contribution in [2.24, 2.45) is 0 Å². The van der Waals surface area contributed by atoms with Crippen molar-refractivity contribution in [1.29, 1.82) is 0 Å². The fourth-order valence-corrected chi connectivity index (χ4v) is 5.22. The molecule has 33 heavy (non-hydrogen) atoms. The zero-order chi connectivity index (χ0) is 22.5. The summed E-state index contributed by atoms with van der Waals surface area (Å²) in [6.45, 7) is 0.821. The van der Waals surface area contributed by atoms with Crippen molar-refractivity contribution in [3.05, 3.63) is 84.2 Å². The second-order valence-electron chi connectivity index (χ2n) is 9.02. The third kappa shape index (κ3) is 5.40. The van der Waals surface area contributed by atoms with Crippen molar-refractivity contribution >= 4 is 5.91 Å². The Morgan fingerprint density at radius 2 is 1.79 bits per heavy atom. The Labute approximate surface area is 195 Å². The molecule has 170 valence electrons. The van der Waals surface area contributed by atoms with Crippen LogP contribution in [0.2, 0.25) is 0 Å². The Bertz CT molecular complexity index is 1060. The van der Waals surface area contributed by atoms with Crippen molar-refractivity contribution in [1.82, 2.24) is 20.2 Å². The number of rotatable bonds is 6. The number of amides is 1.